The Morgan fingerprint density at radius 2 is 2.11 bits per heavy atom. The van der Waals surface area contributed by atoms with E-state index in [0.717, 1.165) is 10.9 Å². The molecule has 1 atom stereocenters. The van der Waals surface area contributed by atoms with Crippen LogP contribution in [-0.2, 0) is 4.79 Å². The fraction of sp³-hybridized carbons (Fsp3) is 0.286. The summed E-state index contributed by atoms with van der Waals surface area (Å²) in [5.74, 6) is -0.167. The standard InChI is InChI=1S/C14H14N2O3/c1-3-10(9(2)17)11-4-5-14(16(18)19)13-8-15-7-6-12(11)13/h4-8,10H,3H2,1-2H3. The number of carbonyl (C=O) groups excluding carboxylic acids is 1. The van der Waals surface area contributed by atoms with Crippen LogP contribution in [0.15, 0.2) is 30.6 Å². The van der Waals surface area contributed by atoms with Crippen LogP contribution in [0.5, 0.6) is 0 Å². The number of benzene rings is 1. The van der Waals surface area contributed by atoms with E-state index >= 15 is 0 Å². The van der Waals surface area contributed by atoms with Gasteiger partial charge in [0.05, 0.1) is 10.3 Å². The Morgan fingerprint density at radius 1 is 1.37 bits per heavy atom. The maximum absolute atomic E-state index is 11.7. The van der Waals surface area contributed by atoms with Crippen molar-refractivity contribution in [1.29, 1.82) is 0 Å². The zero-order valence-corrected chi connectivity index (χ0v) is 10.8. The van der Waals surface area contributed by atoms with E-state index < -0.39 is 4.92 Å². The van der Waals surface area contributed by atoms with E-state index in [2.05, 4.69) is 4.98 Å². The van der Waals surface area contributed by atoms with Crippen LogP contribution in [0.1, 0.15) is 31.7 Å². The molecule has 1 aromatic carbocycles. The first-order valence-corrected chi connectivity index (χ1v) is 6.07. The molecule has 0 bridgehead atoms. The number of nitrogens with zero attached hydrogens (tertiary/aromatic N) is 2. The summed E-state index contributed by atoms with van der Waals surface area (Å²) >= 11 is 0. The summed E-state index contributed by atoms with van der Waals surface area (Å²) in [6, 6.07) is 4.85. The highest BCUT2D eigenvalue weighted by molar-refractivity contribution is 5.96. The van der Waals surface area contributed by atoms with Gasteiger partial charge >= 0.3 is 0 Å². The molecule has 0 fully saturated rings. The average Bonchev–Trinajstić information content (AvgIpc) is 2.39. The highest BCUT2D eigenvalue weighted by atomic mass is 16.6. The van der Waals surface area contributed by atoms with Gasteiger partial charge in [-0.25, -0.2) is 0 Å². The van der Waals surface area contributed by atoms with Crippen molar-refractivity contribution in [2.45, 2.75) is 26.2 Å². The van der Waals surface area contributed by atoms with Crippen molar-refractivity contribution < 1.29 is 9.72 Å². The molecule has 0 radical (unpaired) electrons. The van der Waals surface area contributed by atoms with Crippen molar-refractivity contribution in [3.05, 3.63) is 46.3 Å². The smallest absolute Gasteiger partial charge is 0.278 e. The second-order valence-electron chi connectivity index (χ2n) is 4.42. The molecule has 1 heterocycles. The Balaban J connectivity index is 2.75. The predicted octanol–water partition coefficient (Wildman–Crippen LogP) is 3.23. The number of rotatable bonds is 4. The molecule has 0 N–H and O–H groups in total. The van der Waals surface area contributed by atoms with E-state index in [1.807, 2.05) is 6.92 Å². The van der Waals surface area contributed by atoms with E-state index in [9.17, 15) is 14.9 Å². The van der Waals surface area contributed by atoms with Crippen LogP contribution in [0.3, 0.4) is 0 Å². The number of carbonyl (C=O) groups is 1. The lowest BCUT2D eigenvalue weighted by Gasteiger charge is -2.14. The second-order valence-corrected chi connectivity index (χ2v) is 4.42. The lowest BCUT2D eigenvalue weighted by atomic mass is 9.89. The van der Waals surface area contributed by atoms with Gasteiger partial charge in [0.25, 0.3) is 5.69 Å². The molecule has 0 saturated heterocycles. The lowest BCUT2D eigenvalue weighted by molar-refractivity contribution is -0.383. The van der Waals surface area contributed by atoms with Crippen molar-refractivity contribution in [1.82, 2.24) is 4.98 Å². The zero-order chi connectivity index (χ0) is 14.0. The van der Waals surface area contributed by atoms with Gasteiger partial charge in [-0.05, 0) is 30.4 Å². The van der Waals surface area contributed by atoms with Gasteiger partial charge in [0, 0.05) is 24.4 Å². The minimum absolute atomic E-state index is 0.0188. The van der Waals surface area contributed by atoms with Gasteiger partial charge < -0.3 is 0 Å². The van der Waals surface area contributed by atoms with Gasteiger partial charge in [-0.1, -0.05) is 13.0 Å². The number of hydrogen-bond donors (Lipinski definition) is 0. The minimum atomic E-state index is -0.428. The number of nitro benzene ring substituents is 1. The van der Waals surface area contributed by atoms with E-state index in [0.29, 0.717) is 11.8 Å². The molecule has 0 saturated carbocycles. The average molecular weight is 258 g/mol. The summed E-state index contributed by atoms with van der Waals surface area (Å²) in [6.07, 6.45) is 3.73. The van der Waals surface area contributed by atoms with Crippen LogP contribution in [0.2, 0.25) is 0 Å². The van der Waals surface area contributed by atoms with Crippen molar-refractivity contribution in [2.75, 3.05) is 0 Å². The van der Waals surface area contributed by atoms with E-state index in [-0.39, 0.29) is 17.4 Å². The molecule has 0 aliphatic carbocycles. The third-order valence-electron chi connectivity index (χ3n) is 3.30. The monoisotopic (exact) mass is 258 g/mol. The van der Waals surface area contributed by atoms with Crippen LogP contribution in [0.25, 0.3) is 10.8 Å². The first-order valence-electron chi connectivity index (χ1n) is 6.07. The van der Waals surface area contributed by atoms with Gasteiger partial charge in [-0.3, -0.25) is 19.9 Å². The Bertz CT molecular complexity index is 652. The third kappa shape index (κ3) is 2.31. The first-order chi connectivity index (χ1) is 9.06. The van der Waals surface area contributed by atoms with Crippen molar-refractivity contribution in [3.63, 3.8) is 0 Å². The Labute approximate surface area is 110 Å². The first kappa shape index (κ1) is 13.1. The molecule has 1 aromatic heterocycles. The number of non-ortho nitro benzene ring substituents is 1. The lowest BCUT2D eigenvalue weighted by Crippen LogP contribution is -2.08. The van der Waals surface area contributed by atoms with Crippen molar-refractivity contribution in [3.8, 4) is 0 Å². The number of pyridine rings is 1. The number of nitro groups is 1. The Morgan fingerprint density at radius 3 is 2.68 bits per heavy atom. The highest BCUT2D eigenvalue weighted by Crippen LogP contribution is 2.33. The van der Waals surface area contributed by atoms with Crippen LogP contribution in [-0.4, -0.2) is 15.7 Å². The van der Waals surface area contributed by atoms with Crippen molar-refractivity contribution >= 4 is 22.2 Å². The fourth-order valence-corrected chi connectivity index (χ4v) is 2.39. The summed E-state index contributed by atoms with van der Waals surface area (Å²) in [6.45, 7) is 3.48. The molecular formula is C14H14N2O3. The van der Waals surface area contributed by atoms with E-state index in [1.165, 1.54) is 12.3 Å². The summed E-state index contributed by atoms with van der Waals surface area (Å²) in [5.41, 5.74) is 0.850. The largest absolute Gasteiger partial charge is 0.299 e. The molecule has 98 valence electrons. The molecule has 0 aliphatic heterocycles. The normalized spacial score (nSPS) is 12.3. The van der Waals surface area contributed by atoms with Gasteiger partial charge in [-0.15, -0.1) is 0 Å². The summed E-state index contributed by atoms with van der Waals surface area (Å²) in [7, 11) is 0. The fourth-order valence-electron chi connectivity index (χ4n) is 2.39. The quantitative estimate of drug-likeness (QED) is 0.623. The molecule has 5 heteroatoms. The summed E-state index contributed by atoms with van der Waals surface area (Å²) < 4.78 is 0. The highest BCUT2D eigenvalue weighted by Gasteiger charge is 2.21. The number of Topliss-reactive ketones (excluding diaryl/α,β-unsaturated/α-hetero) is 1. The zero-order valence-electron chi connectivity index (χ0n) is 10.8. The predicted molar refractivity (Wildman–Crippen MR) is 72.1 cm³/mol. The van der Waals surface area contributed by atoms with Gasteiger partial charge in [0.1, 0.15) is 5.78 Å². The Kier molecular flexibility index (Phi) is 3.55. The van der Waals surface area contributed by atoms with E-state index in [4.69, 9.17) is 0 Å². The van der Waals surface area contributed by atoms with E-state index in [1.54, 1.807) is 25.3 Å². The molecule has 0 spiro atoms. The van der Waals surface area contributed by atoms with Gasteiger partial charge in [0.15, 0.2) is 0 Å². The third-order valence-corrected chi connectivity index (χ3v) is 3.30. The topological polar surface area (TPSA) is 73.1 Å². The molecule has 19 heavy (non-hydrogen) atoms. The minimum Gasteiger partial charge on any atom is -0.299 e. The summed E-state index contributed by atoms with van der Waals surface area (Å²) in [5, 5.41) is 12.2. The molecule has 1 unspecified atom stereocenters. The van der Waals surface area contributed by atoms with Crippen LogP contribution in [0.4, 0.5) is 5.69 Å². The maximum Gasteiger partial charge on any atom is 0.278 e. The van der Waals surface area contributed by atoms with Crippen LogP contribution < -0.4 is 0 Å². The van der Waals surface area contributed by atoms with Gasteiger partial charge in [0.2, 0.25) is 0 Å². The molecule has 0 aliphatic rings. The number of fused-ring (bicyclic) bond motifs is 1. The summed E-state index contributed by atoms with van der Waals surface area (Å²) in [4.78, 5) is 26.2. The number of ketones is 1. The van der Waals surface area contributed by atoms with Crippen LogP contribution in [0, 0.1) is 10.1 Å². The molecule has 5 nitrogen and oxygen atoms in total. The number of hydrogen-bond acceptors (Lipinski definition) is 4. The molecular weight excluding hydrogens is 244 g/mol. The molecule has 0 amide bonds. The number of aromatic nitrogens is 1. The van der Waals surface area contributed by atoms with Crippen molar-refractivity contribution in [2.24, 2.45) is 0 Å². The molecule has 2 aromatic rings. The van der Waals surface area contributed by atoms with Crippen LogP contribution >= 0.6 is 0 Å². The SMILES string of the molecule is CCC(C(C)=O)c1ccc([N+](=O)[O-])c2cnccc12. The second kappa shape index (κ2) is 5.14. The molecule has 2 rings (SSSR count). The van der Waals surface area contributed by atoms with Gasteiger partial charge in [-0.2, -0.15) is 0 Å². The maximum atomic E-state index is 11.7. The Hall–Kier alpha value is -2.30.